The van der Waals surface area contributed by atoms with Crippen LogP contribution in [0.25, 0.3) is 0 Å². The highest BCUT2D eigenvalue weighted by Gasteiger charge is 2.31. The number of unbranched alkanes of at least 4 members (excludes halogenated alkanes) is 1. The van der Waals surface area contributed by atoms with Crippen LogP contribution < -0.4 is 0 Å². The van der Waals surface area contributed by atoms with E-state index in [1.807, 2.05) is 0 Å². The molecule has 0 aliphatic heterocycles. The van der Waals surface area contributed by atoms with Crippen LogP contribution in [0.5, 0.6) is 0 Å². The summed E-state index contributed by atoms with van der Waals surface area (Å²) in [5.74, 6) is -2.47. The molecule has 0 saturated heterocycles. The monoisotopic (exact) mass is 410 g/mol. The normalized spacial score (nSPS) is 14.1. The van der Waals surface area contributed by atoms with Crippen molar-refractivity contribution in [3.63, 3.8) is 0 Å². The molecule has 0 saturated carbocycles. The van der Waals surface area contributed by atoms with Crippen LogP contribution in [-0.4, -0.2) is 53.9 Å². The minimum Gasteiger partial charge on any atom is -0.270 e. The van der Waals surface area contributed by atoms with Gasteiger partial charge in [-0.2, -0.15) is 43.2 Å². The molecule has 6 nitrogen and oxygen atoms in total. The van der Waals surface area contributed by atoms with Gasteiger partial charge in [-0.1, -0.05) is 0 Å². The third kappa shape index (κ3) is 15.0. The van der Waals surface area contributed by atoms with E-state index >= 15 is 0 Å². The zero-order valence-electron chi connectivity index (χ0n) is 12.2. The molecular weight excluding hydrogens is 394 g/mol. The van der Waals surface area contributed by atoms with E-state index in [2.05, 4.69) is 8.37 Å². The molecule has 0 aromatic carbocycles. The van der Waals surface area contributed by atoms with Crippen LogP contribution in [-0.2, 0) is 28.6 Å². The minimum atomic E-state index is -4.64. The molecule has 0 aliphatic rings. The van der Waals surface area contributed by atoms with E-state index in [1.54, 1.807) is 0 Å². The quantitative estimate of drug-likeness (QED) is 0.295. The number of rotatable bonds is 11. The Morgan fingerprint density at radius 3 is 1.17 bits per heavy atom. The van der Waals surface area contributed by atoms with Gasteiger partial charge < -0.3 is 0 Å². The molecular formula is C10H16F6O6S2. The molecule has 0 fully saturated rings. The maximum Gasteiger partial charge on any atom is 0.390 e. The summed E-state index contributed by atoms with van der Waals surface area (Å²) in [4.78, 5) is 0. The van der Waals surface area contributed by atoms with Gasteiger partial charge in [0, 0.05) is 0 Å². The molecule has 0 aliphatic carbocycles. The highest BCUT2D eigenvalue weighted by atomic mass is 32.2. The lowest BCUT2D eigenvalue weighted by Gasteiger charge is -2.09. The molecule has 24 heavy (non-hydrogen) atoms. The van der Waals surface area contributed by atoms with Crippen molar-refractivity contribution in [1.29, 1.82) is 0 Å². The number of hydrogen-bond acceptors (Lipinski definition) is 6. The standard InChI is InChI=1S/C10H16F6O6S2/c11-9(12,13)3-7-23(17,18)21-5-1-2-6-22-24(19,20)8-4-10(14,15)16/h1-8H2. The first-order chi connectivity index (χ1) is 10.6. The minimum absolute atomic E-state index is 0.0694. The molecule has 0 aromatic rings. The van der Waals surface area contributed by atoms with Gasteiger partial charge >= 0.3 is 12.4 Å². The van der Waals surface area contributed by atoms with Crippen LogP contribution in [0.3, 0.4) is 0 Å². The Morgan fingerprint density at radius 2 is 0.917 bits per heavy atom. The first kappa shape index (κ1) is 23.4. The number of hydrogen-bond donors (Lipinski definition) is 0. The average Bonchev–Trinajstić information content (AvgIpc) is 2.37. The summed E-state index contributed by atoms with van der Waals surface area (Å²) >= 11 is 0. The second-order valence-corrected chi connectivity index (χ2v) is 8.12. The van der Waals surface area contributed by atoms with Crippen LogP contribution in [0.1, 0.15) is 25.7 Å². The molecule has 0 aromatic heterocycles. The van der Waals surface area contributed by atoms with Gasteiger partial charge in [-0.25, -0.2) is 0 Å². The molecule has 14 heteroatoms. The summed E-state index contributed by atoms with van der Waals surface area (Å²) in [5.41, 5.74) is 0. The molecule has 0 spiro atoms. The van der Waals surface area contributed by atoms with E-state index in [0.29, 0.717) is 0 Å². The largest absolute Gasteiger partial charge is 0.390 e. The van der Waals surface area contributed by atoms with Crippen molar-refractivity contribution >= 4 is 20.2 Å². The van der Waals surface area contributed by atoms with Crippen LogP contribution in [0, 0.1) is 0 Å². The molecule has 0 bridgehead atoms. The molecule has 146 valence electrons. The first-order valence-corrected chi connectivity index (χ1v) is 9.65. The lowest BCUT2D eigenvalue weighted by molar-refractivity contribution is -0.131. The molecule has 0 unspecified atom stereocenters. The van der Waals surface area contributed by atoms with Crippen molar-refractivity contribution in [3.8, 4) is 0 Å². The highest BCUT2D eigenvalue weighted by molar-refractivity contribution is 7.86. The van der Waals surface area contributed by atoms with Crippen molar-refractivity contribution in [3.05, 3.63) is 0 Å². The van der Waals surface area contributed by atoms with Crippen molar-refractivity contribution < 1.29 is 51.5 Å². The maximum absolute atomic E-state index is 11.9. The van der Waals surface area contributed by atoms with Crippen molar-refractivity contribution in [2.75, 3.05) is 24.7 Å². The Hall–Kier alpha value is -0.600. The van der Waals surface area contributed by atoms with Gasteiger partial charge in [0.25, 0.3) is 20.2 Å². The Kier molecular flexibility index (Phi) is 8.97. The van der Waals surface area contributed by atoms with Crippen molar-refractivity contribution in [2.24, 2.45) is 0 Å². The van der Waals surface area contributed by atoms with E-state index in [-0.39, 0.29) is 12.8 Å². The summed E-state index contributed by atoms with van der Waals surface area (Å²) in [5, 5.41) is 0. The fraction of sp³-hybridized carbons (Fsp3) is 1.00. The van der Waals surface area contributed by atoms with Crippen LogP contribution in [0.15, 0.2) is 0 Å². The van der Waals surface area contributed by atoms with Crippen LogP contribution >= 0.6 is 0 Å². The fourth-order valence-electron chi connectivity index (χ4n) is 1.18. The van der Waals surface area contributed by atoms with Crippen molar-refractivity contribution in [2.45, 2.75) is 38.0 Å². The number of halogens is 6. The third-order valence-corrected chi connectivity index (χ3v) is 4.80. The second kappa shape index (κ2) is 9.20. The highest BCUT2D eigenvalue weighted by Crippen LogP contribution is 2.21. The topological polar surface area (TPSA) is 86.7 Å². The van der Waals surface area contributed by atoms with Crippen molar-refractivity contribution in [1.82, 2.24) is 0 Å². The molecule has 0 heterocycles. The van der Waals surface area contributed by atoms with Gasteiger partial charge in [0.2, 0.25) is 0 Å². The molecule has 0 amide bonds. The Balaban J connectivity index is 3.91. The summed E-state index contributed by atoms with van der Waals surface area (Å²) in [7, 11) is -8.72. The molecule has 0 N–H and O–H groups in total. The van der Waals surface area contributed by atoms with Gasteiger partial charge in [0.15, 0.2) is 0 Å². The predicted molar refractivity (Wildman–Crippen MR) is 70.1 cm³/mol. The fourth-order valence-corrected chi connectivity index (χ4v) is 3.12. The van der Waals surface area contributed by atoms with Gasteiger partial charge in [-0.15, -0.1) is 0 Å². The maximum atomic E-state index is 11.9. The summed E-state index contributed by atoms with van der Waals surface area (Å²) in [6.07, 6.45) is -12.5. The zero-order valence-corrected chi connectivity index (χ0v) is 13.8. The average molecular weight is 410 g/mol. The Bertz CT molecular complexity index is 514. The first-order valence-electron chi connectivity index (χ1n) is 6.50. The Labute approximate surface area is 135 Å². The lowest BCUT2D eigenvalue weighted by atomic mass is 10.3. The van der Waals surface area contributed by atoms with E-state index in [0.717, 1.165) is 0 Å². The SMILES string of the molecule is O=S(=O)(CCC(F)(F)F)OCCCCOS(=O)(=O)CCC(F)(F)F. The smallest absolute Gasteiger partial charge is 0.270 e. The molecule has 0 rings (SSSR count). The lowest BCUT2D eigenvalue weighted by Crippen LogP contribution is -2.19. The molecule has 0 radical (unpaired) electrons. The van der Waals surface area contributed by atoms with Gasteiger partial charge in [-0.3, -0.25) is 8.37 Å². The summed E-state index contributed by atoms with van der Waals surface area (Å²) in [6.45, 7) is -0.988. The predicted octanol–water partition coefficient (Wildman–Crippen LogP) is 2.36. The second-order valence-electron chi connectivity index (χ2n) is 4.61. The van der Waals surface area contributed by atoms with E-state index in [4.69, 9.17) is 0 Å². The third-order valence-electron chi connectivity index (χ3n) is 2.34. The summed E-state index contributed by atoms with van der Waals surface area (Å²) in [6, 6.07) is 0. The van der Waals surface area contributed by atoms with Crippen LogP contribution in [0.2, 0.25) is 0 Å². The molecule has 0 atom stereocenters. The van der Waals surface area contributed by atoms with Gasteiger partial charge in [0.1, 0.15) is 0 Å². The zero-order chi connectivity index (χ0) is 19.1. The van der Waals surface area contributed by atoms with Gasteiger partial charge in [0.05, 0.1) is 37.6 Å². The number of alkyl halides is 6. The van der Waals surface area contributed by atoms with E-state index < -0.39 is 70.1 Å². The summed E-state index contributed by atoms with van der Waals surface area (Å²) < 4.78 is 124. The Morgan fingerprint density at radius 1 is 0.625 bits per heavy atom. The van der Waals surface area contributed by atoms with E-state index in [9.17, 15) is 43.2 Å². The van der Waals surface area contributed by atoms with Crippen LogP contribution in [0.4, 0.5) is 26.3 Å². The van der Waals surface area contributed by atoms with Gasteiger partial charge in [-0.05, 0) is 12.8 Å². The van der Waals surface area contributed by atoms with E-state index in [1.165, 1.54) is 0 Å².